The van der Waals surface area contributed by atoms with Gasteiger partial charge in [-0.05, 0) is 31.9 Å². The van der Waals surface area contributed by atoms with E-state index in [1.165, 1.54) is 0 Å². The second-order valence-corrected chi connectivity index (χ2v) is 5.68. The largest absolute Gasteiger partial charge is 0.342 e. The Hall–Kier alpha value is -2.14. The van der Waals surface area contributed by atoms with Crippen molar-refractivity contribution in [3.8, 4) is 11.3 Å². The van der Waals surface area contributed by atoms with Crippen molar-refractivity contribution < 1.29 is 0 Å². The zero-order valence-electron chi connectivity index (χ0n) is 11.4. The Balaban J connectivity index is 1.75. The predicted octanol–water partition coefficient (Wildman–Crippen LogP) is 2.25. The summed E-state index contributed by atoms with van der Waals surface area (Å²) in [5.74, 6) is 1.96. The van der Waals surface area contributed by atoms with Crippen LogP contribution >= 0.6 is 0 Å². The first-order valence-electron chi connectivity index (χ1n) is 6.92. The fraction of sp³-hybridized carbons (Fsp3) is 0.333. The number of H-pyrrole nitrogens is 2. The van der Waals surface area contributed by atoms with Gasteiger partial charge in [-0.3, -0.25) is 0 Å². The summed E-state index contributed by atoms with van der Waals surface area (Å²) >= 11 is 0. The highest BCUT2D eigenvalue weighted by Crippen LogP contribution is 2.46. The van der Waals surface area contributed by atoms with E-state index in [0.29, 0.717) is 6.54 Å². The summed E-state index contributed by atoms with van der Waals surface area (Å²) in [5.41, 5.74) is 10.2. The zero-order valence-corrected chi connectivity index (χ0v) is 11.4. The Morgan fingerprint density at radius 1 is 1.30 bits per heavy atom. The van der Waals surface area contributed by atoms with Gasteiger partial charge in [0.25, 0.3) is 0 Å². The molecule has 102 valence electrons. The number of rotatable bonds is 3. The summed E-state index contributed by atoms with van der Waals surface area (Å²) in [7, 11) is 0. The van der Waals surface area contributed by atoms with E-state index >= 15 is 0 Å². The minimum Gasteiger partial charge on any atom is -0.342 e. The Morgan fingerprint density at radius 2 is 2.15 bits per heavy atom. The van der Waals surface area contributed by atoms with Crippen molar-refractivity contribution in [3.05, 3.63) is 36.0 Å². The van der Waals surface area contributed by atoms with Gasteiger partial charge >= 0.3 is 0 Å². The molecule has 0 unspecified atom stereocenters. The number of hydrogen-bond acceptors (Lipinski definition) is 3. The van der Waals surface area contributed by atoms with Crippen molar-refractivity contribution in [1.29, 1.82) is 0 Å². The topological polar surface area (TPSA) is 83.4 Å². The monoisotopic (exact) mass is 267 g/mol. The van der Waals surface area contributed by atoms with Crippen molar-refractivity contribution in [2.24, 2.45) is 5.73 Å². The van der Waals surface area contributed by atoms with E-state index < -0.39 is 0 Å². The normalized spacial score (nSPS) is 16.7. The number of aryl methyl sites for hydroxylation is 1. The van der Waals surface area contributed by atoms with E-state index in [9.17, 15) is 0 Å². The lowest BCUT2D eigenvalue weighted by molar-refractivity contribution is 0.659. The highest BCUT2D eigenvalue weighted by atomic mass is 15.0. The van der Waals surface area contributed by atoms with Gasteiger partial charge in [0, 0.05) is 17.5 Å². The fourth-order valence-corrected chi connectivity index (χ4v) is 2.73. The smallest absolute Gasteiger partial charge is 0.114 e. The minimum atomic E-state index is 0.104. The molecule has 2 heterocycles. The molecule has 0 spiro atoms. The Kier molecular flexibility index (Phi) is 2.29. The molecule has 5 heteroatoms. The summed E-state index contributed by atoms with van der Waals surface area (Å²) in [6.07, 6.45) is 4.17. The highest BCUT2D eigenvalue weighted by molar-refractivity contribution is 5.81. The van der Waals surface area contributed by atoms with Crippen LogP contribution in [0, 0.1) is 6.92 Å². The van der Waals surface area contributed by atoms with Crippen LogP contribution in [0.1, 0.15) is 24.5 Å². The van der Waals surface area contributed by atoms with Gasteiger partial charge in [-0.25, -0.2) is 9.97 Å². The molecule has 3 aromatic rings. The number of nitrogens with zero attached hydrogens (tertiary/aromatic N) is 2. The average molecular weight is 267 g/mol. The highest BCUT2D eigenvalue weighted by Gasteiger charge is 2.45. The van der Waals surface area contributed by atoms with Gasteiger partial charge < -0.3 is 15.7 Å². The summed E-state index contributed by atoms with van der Waals surface area (Å²) in [6, 6.07) is 6.21. The number of hydrogen-bond donors (Lipinski definition) is 3. The molecule has 5 nitrogen and oxygen atoms in total. The third kappa shape index (κ3) is 1.67. The van der Waals surface area contributed by atoms with Gasteiger partial charge in [-0.15, -0.1) is 0 Å². The third-order valence-electron chi connectivity index (χ3n) is 4.23. The number of nitrogens with two attached hydrogens (primary N) is 1. The van der Waals surface area contributed by atoms with Crippen LogP contribution in [0.2, 0.25) is 0 Å². The van der Waals surface area contributed by atoms with Crippen molar-refractivity contribution in [2.45, 2.75) is 25.2 Å². The molecular formula is C15H17N5. The van der Waals surface area contributed by atoms with E-state index in [-0.39, 0.29) is 5.41 Å². The van der Waals surface area contributed by atoms with Crippen molar-refractivity contribution in [3.63, 3.8) is 0 Å². The van der Waals surface area contributed by atoms with Crippen LogP contribution in [0.15, 0.2) is 24.4 Å². The van der Waals surface area contributed by atoms with Crippen molar-refractivity contribution in [2.75, 3.05) is 6.54 Å². The Bertz CT molecular complexity index is 779. The van der Waals surface area contributed by atoms with E-state index in [4.69, 9.17) is 5.73 Å². The van der Waals surface area contributed by atoms with Crippen LogP contribution in [0.3, 0.4) is 0 Å². The summed E-state index contributed by atoms with van der Waals surface area (Å²) in [4.78, 5) is 15.6. The lowest BCUT2D eigenvalue weighted by Crippen LogP contribution is -2.21. The number of nitrogens with one attached hydrogen (secondary N) is 2. The Morgan fingerprint density at radius 3 is 2.90 bits per heavy atom. The molecule has 1 aliphatic rings. The molecule has 20 heavy (non-hydrogen) atoms. The molecule has 1 aliphatic carbocycles. The maximum atomic E-state index is 5.85. The minimum absolute atomic E-state index is 0.104. The van der Waals surface area contributed by atoms with Gasteiger partial charge in [-0.2, -0.15) is 0 Å². The number of imidazole rings is 2. The molecule has 2 aromatic heterocycles. The number of fused-ring (bicyclic) bond motifs is 1. The SMILES string of the molecule is Cc1nc2ccc(-c3cnc(C4(CN)CC4)[nH]3)cc2[nH]1. The number of benzene rings is 1. The second-order valence-electron chi connectivity index (χ2n) is 5.68. The summed E-state index contributed by atoms with van der Waals surface area (Å²) in [5, 5.41) is 0. The van der Waals surface area contributed by atoms with Crippen LogP contribution in [-0.4, -0.2) is 26.5 Å². The van der Waals surface area contributed by atoms with Crippen molar-refractivity contribution in [1.82, 2.24) is 19.9 Å². The number of aromatic nitrogens is 4. The molecule has 0 aliphatic heterocycles. The molecular weight excluding hydrogens is 250 g/mol. The molecule has 0 saturated heterocycles. The average Bonchev–Trinajstić information content (AvgIpc) is 2.93. The summed E-state index contributed by atoms with van der Waals surface area (Å²) in [6.45, 7) is 2.63. The molecule has 1 fully saturated rings. The van der Waals surface area contributed by atoms with E-state index in [1.54, 1.807) is 0 Å². The Labute approximate surface area is 116 Å². The molecule has 4 rings (SSSR count). The van der Waals surface area contributed by atoms with Gasteiger partial charge in [0.2, 0.25) is 0 Å². The standard InChI is InChI=1S/C15H17N5/c1-9-18-11-3-2-10(6-12(11)19-9)13-7-17-14(20-13)15(8-16)4-5-15/h2-3,6-7H,4-5,8,16H2,1H3,(H,17,20)(H,18,19). The maximum Gasteiger partial charge on any atom is 0.114 e. The molecule has 0 bridgehead atoms. The van der Waals surface area contributed by atoms with Gasteiger partial charge in [-0.1, -0.05) is 6.07 Å². The molecule has 1 saturated carbocycles. The first kappa shape index (κ1) is 11.7. The zero-order chi connectivity index (χ0) is 13.7. The first-order chi connectivity index (χ1) is 9.70. The molecule has 0 atom stereocenters. The van der Waals surface area contributed by atoms with Crippen LogP contribution in [0.4, 0.5) is 0 Å². The lowest BCUT2D eigenvalue weighted by Gasteiger charge is -2.07. The van der Waals surface area contributed by atoms with E-state index in [2.05, 4.69) is 32.1 Å². The molecule has 0 amide bonds. The molecule has 1 aromatic carbocycles. The van der Waals surface area contributed by atoms with Crippen LogP contribution in [-0.2, 0) is 5.41 Å². The molecule has 4 N–H and O–H groups in total. The third-order valence-corrected chi connectivity index (χ3v) is 4.23. The van der Waals surface area contributed by atoms with Gasteiger partial charge in [0.15, 0.2) is 0 Å². The van der Waals surface area contributed by atoms with Gasteiger partial charge in [0.05, 0.1) is 22.9 Å². The van der Waals surface area contributed by atoms with Crippen LogP contribution < -0.4 is 5.73 Å². The summed E-state index contributed by atoms with van der Waals surface area (Å²) < 4.78 is 0. The second kappa shape index (κ2) is 3.93. The fourth-order valence-electron chi connectivity index (χ4n) is 2.73. The van der Waals surface area contributed by atoms with Crippen LogP contribution in [0.25, 0.3) is 22.3 Å². The lowest BCUT2D eigenvalue weighted by atomic mass is 10.1. The van der Waals surface area contributed by atoms with E-state index in [1.807, 2.05) is 19.2 Å². The maximum absolute atomic E-state index is 5.85. The van der Waals surface area contributed by atoms with E-state index in [0.717, 1.165) is 46.8 Å². The van der Waals surface area contributed by atoms with Gasteiger partial charge in [0.1, 0.15) is 11.6 Å². The quantitative estimate of drug-likeness (QED) is 0.680. The molecule has 0 radical (unpaired) electrons. The number of aromatic amines is 2. The predicted molar refractivity (Wildman–Crippen MR) is 78.4 cm³/mol. The van der Waals surface area contributed by atoms with Crippen LogP contribution in [0.5, 0.6) is 0 Å². The van der Waals surface area contributed by atoms with Crippen molar-refractivity contribution >= 4 is 11.0 Å². The first-order valence-corrected chi connectivity index (χ1v) is 6.92.